The standard InChI is InChI=1S/C18H20O6/c19-10-14-15(20)16(21)17(18(22)24-14)23-13-8-6-12(7-9-13)11-4-2-1-3-5-11/h1-9,14-22H,10H2/t14-,15-,16+,17+,18+/m1/s1. The average Bonchev–Trinajstić information content (AvgIpc) is 2.63. The Hall–Kier alpha value is -1.96. The van der Waals surface area contributed by atoms with Crippen molar-refractivity contribution >= 4 is 0 Å². The first kappa shape index (κ1) is 16.9. The lowest BCUT2D eigenvalue weighted by atomic mass is 9.99. The Morgan fingerprint density at radius 2 is 1.46 bits per heavy atom. The normalized spacial score (nSPS) is 30.1. The smallest absolute Gasteiger partial charge is 0.195 e. The first-order valence-electron chi connectivity index (χ1n) is 7.73. The molecular weight excluding hydrogens is 312 g/mol. The van der Waals surface area contributed by atoms with Gasteiger partial charge in [0.15, 0.2) is 12.4 Å². The highest BCUT2D eigenvalue weighted by molar-refractivity contribution is 5.63. The summed E-state index contributed by atoms with van der Waals surface area (Å²) in [5.41, 5.74) is 2.07. The van der Waals surface area contributed by atoms with E-state index in [1.165, 1.54) is 0 Å². The third kappa shape index (κ3) is 3.43. The van der Waals surface area contributed by atoms with Crippen LogP contribution in [0.15, 0.2) is 54.6 Å². The zero-order valence-corrected chi connectivity index (χ0v) is 12.9. The van der Waals surface area contributed by atoms with Gasteiger partial charge in [-0.15, -0.1) is 0 Å². The highest BCUT2D eigenvalue weighted by Gasteiger charge is 2.45. The molecule has 1 saturated heterocycles. The zero-order chi connectivity index (χ0) is 17.1. The Labute approximate surface area is 139 Å². The van der Waals surface area contributed by atoms with Crippen LogP contribution in [0.5, 0.6) is 5.75 Å². The number of hydrogen-bond donors (Lipinski definition) is 4. The first-order valence-corrected chi connectivity index (χ1v) is 7.73. The maximum atomic E-state index is 10.1. The van der Waals surface area contributed by atoms with Crippen LogP contribution in [-0.4, -0.2) is 57.7 Å². The highest BCUT2D eigenvalue weighted by Crippen LogP contribution is 2.27. The molecule has 0 aromatic heterocycles. The summed E-state index contributed by atoms with van der Waals surface area (Å²) < 4.78 is 10.6. The fourth-order valence-corrected chi connectivity index (χ4v) is 2.71. The summed E-state index contributed by atoms with van der Waals surface area (Å²) in [4.78, 5) is 0. The molecule has 0 bridgehead atoms. The summed E-state index contributed by atoms with van der Waals surface area (Å²) in [7, 11) is 0. The van der Waals surface area contributed by atoms with Crippen LogP contribution in [0.1, 0.15) is 0 Å². The van der Waals surface area contributed by atoms with Crippen LogP contribution >= 0.6 is 0 Å². The third-order valence-electron chi connectivity index (χ3n) is 4.08. The molecule has 128 valence electrons. The van der Waals surface area contributed by atoms with Crippen molar-refractivity contribution in [1.82, 2.24) is 0 Å². The van der Waals surface area contributed by atoms with E-state index >= 15 is 0 Å². The van der Waals surface area contributed by atoms with Crippen molar-refractivity contribution in [2.24, 2.45) is 0 Å². The van der Waals surface area contributed by atoms with Crippen LogP contribution in [0.25, 0.3) is 11.1 Å². The summed E-state index contributed by atoms with van der Waals surface area (Å²) >= 11 is 0. The van der Waals surface area contributed by atoms with Crippen LogP contribution in [0.3, 0.4) is 0 Å². The second-order valence-corrected chi connectivity index (χ2v) is 5.70. The van der Waals surface area contributed by atoms with Crippen LogP contribution in [-0.2, 0) is 4.74 Å². The Morgan fingerprint density at radius 1 is 0.833 bits per heavy atom. The summed E-state index contributed by atoms with van der Waals surface area (Å²) in [6.07, 6.45) is -6.36. The molecular formula is C18H20O6. The number of hydrogen-bond acceptors (Lipinski definition) is 6. The molecule has 6 nitrogen and oxygen atoms in total. The van der Waals surface area contributed by atoms with Gasteiger partial charge >= 0.3 is 0 Å². The molecule has 2 aromatic rings. The minimum Gasteiger partial charge on any atom is -0.482 e. The molecule has 5 atom stereocenters. The van der Waals surface area contributed by atoms with Crippen molar-refractivity contribution in [2.75, 3.05) is 6.61 Å². The van der Waals surface area contributed by atoms with Gasteiger partial charge in [0, 0.05) is 0 Å². The van der Waals surface area contributed by atoms with Crippen LogP contribution in [0.4, 0.5) is 0 Å². The quantitative estimate of drug-likeness (QED) is 0.652. The average molecular weight is 332 g/mol. The van der Waals surface area contributed by atoms with Crippen LogP contribution in [0.2, 0.25) is 0 Å². The maximum absolute atomic E-state index is 10.1. The SMILES string of the molecule is OC[C@H]1O[C@H](O)[C@@H](Oc2ccc(-c3ccccc3)cc2)[C@@H](O)[C@@H]1O. The Morgan fingerprint density at radius 3 is 2.08 bits per heavy atom. The molecule has 0 unspecified atom stereocenters. The Balaban J connectivity index is 1.72. The Kier molecular flexibility index (Phi) is 5.13. The molecule has 6 heteroatoms. The van der Waals surface area contributed by atoms with Crippen molar-refractivity contribution in [1.29, 1.82) is 0 Å². The lowest BCUT2D eigenvalue weighted by Crippen LogP contribution is -2.60. The van der Waals surface area contributed by atoms with E-state index in [4.69, 9.17) is 14.6 Å². The number of benzene rings is 2. The van der Waals surface area contributed by atoms with Crippen molar-refractivity contribution in [2.45, 2.75) is 30.7 Å². The van der Waals surface area contributed by atoms with Crippen LogP contribution in [0, 0.1) is 0 Å². The van der Waals surface area contributed by atoms with Gasteiger partial charge in [0.05, 0.1) is 6.61 Å². The van der Waals surface area contributed by atoms with Gasteiger partial charge in [-0.25, -0.2) is 0 Å². The molecule has 1 aliphatic heterocycles. The van der Waals surface area contributed by atoms with Gasteiger partial charge in [0.1, 0.15) is 24.1 Å². The third-order valence-corrected chi connectivity index (χ3v) is 4.08. The highest BCUT2D eigenvalue weighted by atomic mass is 16.7. The molecule has 0 amide bonds. The molecule has 1 heterocycles. The van der Waals surface area contributed by atoms with Gasteiger partial charge in [-0.1, -0.05) is 42.5 Å². The Bertz CT molecular complexity index is 644. The summed E-state index contributed by atoms with van der Waals surface area (Å²) in [6, 6.07) is 17.0. The lowest BCUT2D eigenvalue weighted by molar-refractivity contribution is -0.280. The summed E-state index contributed by atoms with van der Waals surface area (Å²) in [5, 5.41) is 38.9. The second-order valence-electron chi connectivity index (χ2n) is 5.70. The van der Waals surface area contributed by atoms with E-state index in [-0.39, 0.29) is 0 Å². The van der Waals surface area contributed by atoms with Gasteiger partial charge in [0.2, 0.25) is 0 Å². The molecule has 1 fully saturated rings. The molecule has 4 N–H and O–H groups in total. The van der Waals surface area contributed by atoms with E-state index < -0.39 is 37.3 Å². The molecule has 0 saturated carbocycles. The fourth-order valence-electron chi connectivity index (χ4n) is 2.71. The molecule has 0 radical (unpaired) electrons. The topological polar surface area (TPSA) is 99.4 Å². The van der Waals surface area contributed by atoms with E-state index in [9.17, 15) is 15.3 Å². The minimum atomic E-state index is -1.45. The lowest BCUT2D eigenvalue weighted by Gasteiger charge is -2.39. The minimum absolute atomic E-state index is 0.427. The predicted molar refractivity (Wildman–Crippen MR) is 86.3 cm³/mol. The number of rotatable bonds is 4. The second kappa shape index (κ2) is 7.29. The summed E-state index contributed by atoms with van der Waals surface area (Å²) in [6.45, 7) is -0.506. The van der Waals surface area contributed by atoms with Crippen molar-refractivity contribution in [3.63, 3.8) is 0 Å². The molecule has 0 aliphatic carbocycles. The summed E-state index contributed by atoms with van der Waals surface area (Å²) in [5.74, 6) is 0.427. The van der Waals surface area contributed by atoms with E-state index in [2.05, 4.69) is 0 Å². The molecule has 0 spiro atoms. The van der Waals surface area contributed by atoms with Gasteiger partial charge < -0.3 is 29.9 Å². The van der Waals surface area contributed by atoms with Gasteiger partial charge in [-0.3, -0.25) is 0 Å². The molecule has 24 heavy (non-hydrogen) atoms. The van der Waals surface area contributed by atoms with Crippen molar-refractivity contribution in [3.05, 3.63) is 54.6 Å². The van der Waals surface area contributed by atoms with E-state index in [0.717, 1.165) is 11.1 Å². The van der Waals surface area contributed by atoms with Crippen molar-refractivity contribution in [3.8, 4) is 16.9 Å². The van der Waals surface area contributed by atoms with Gasteiger partial charge in [-0.05, 0) is 23.3 Å². The number of aliphatic hydroxyl groups excluding tert-OH is 4. The monoisotopic (exact) mass is 332 g/mol. The largest absolute Gasteiger partial charge is 0.482 e. The number of aliphatic hydroxyl groups is 4. The van der Waals surface area contributed by atoms with E-state index in [1.807, 2.05) is 42.5 Å². The molecule has 3 rings (SSSR count). The van der Waals surface area contributed by atoms with E-state index in [1.54, 1.807) is 12.1 Å². The maximum Gasteiger partial charge on any atom is 0.195 e. The predicted octanol–water partition coefficient (Wildman–Crippen LogP) is 0.532. The first-order chi connectivity index (χ1) is 11.6. The fraction of sp³-hybridized carbons (Fsp3) is 0.333. The van der Waals surface area contributed by atoms with Crippen molar-refractivity contribution < 1.29 is 29.9 Å². The van der Waals surface area contributed by atoms with Gasteiger partial charge in [-0.2, -0.15) is 0 Å². The van der Waals surface area contributed by atoms with Gasteiger partial charge in [0.25, 0.3) is 0 Å². The number of ether oxygens (including phenoxy) is 2. The molecule has 1 aliphatic rings. The molecule has 2 aromatic carbocycles. The zero-order valence-electron chi connectivity index (χ0n) is 12.9. The van der Waals surface area contributed by atoms with Crippen LogP contribution < -0.4 is 4.74 Å². The van der Waals surface area contributed by atoms with E-state index in [0.29, 0.717) is 5.75 Å².